The third-order valence-electron chi connectivity index (χ3n) is 2.32. The summed E-state index contributed by atoms with van der Waals surface area (Å²) in [5.41, 5.74) is 4.23. The molecule has 2 N–H and O–H groups in total. The first-order valence-corrected chi connectivity index (χ1v) is 6.57. The van der Waals surface area contributed by atoms with Crippen LogP contribution in [0.25, 0.3) is 0 Å². The molecule has 0 aliphatic carbocycles. The first-order valence-electron chi connectivity index (χ1n) is 5.63. The molecular formula is C12H21N2OS+. The second-order valence-electron chi connectivity index (χ2n) is 3.49. The summed E-state index contributed by atoms with van der Waals surface area (Å²) in [6, 6.07) is 8.45. The molecule has 0 saturated carbocycles. The molecule has 90 valence electrons. The maximum Gasteiger partial charge on any atom is 0.162 e. The zero-order valence-corrected chi connectivity index (χ0v) is 11.1. The molecule has 0 aliphatic heterocycles. The second kappa shape index (κ2) is 7.68. The summed E-state index contributed by atoms with van der Waals surface area (Å²) in [4.78, 5) is 5.01. The summed E-state index contributed by atoms with van der Waals surface area (Å²) < 4.78 is 2.35. The average molecular weight is 241 g/mol. The van der Waals surface area contributed by atoms with E-state index in [1.807, 2.05) is 11.9 Å². The lowest BCUT2D eigenvalue weighted by Crippen LogP contribution is -2.75. The highest BCUT2D eigenvalue weighted by molar-refractivity contribution is 7.96. The van der Waals surface area contributed by atoms with Gasteiger partial charge in [-0.05, 0) is 5.56 Å². The van der Waals surface area contributed by atoms with Crippen molar-refractivity contribution in [1.29, 1.82) is 0 Å². The van der Waals surface area contributed by atoms with Gasteiger partial charge in [-0.1, -0.05) is 37.9 Å². The molecule has 0 radical (unpaired) electrons. The van der Waals surface area contributed by atoms with E-state index < -0.39 is 0 Å². The predicted molar refractivity (Wildman–Crippen MR) is 69.3 cm³/mol. The molecule has 0 heterocycles. The van der Waals surface area contributed by atoms with E-state index in [0.717, 1.165) is 24.5 Å². The van der Waals surface area contributed by atoms with Crippen molar-refractivity contribution in [1.82, 2.24) is 4.31 Å². The van der Waals surface area contributed by atoms with Crippen LogP contribution in [0.3, 0.4) is 0 Å². The van der Waals surface area contributed by atoms with Gasteiger partial charge in [0.25, 0.3) is 0 Å². The molecule has 0 aliphatic rings. The quantitative estimate of drug-likeness (QED) is 0.449. The SMILES string of the molecule is CCN(CC)SCc1cccc([NH2+]OC)c1. The van der Waals surface area contributed by atoms with Crippen molar-refractivity contribution in [2.75, 3.05) is 20.2 Å². The lowest BCUT2D eigenvalue weighted by atomic mass is 10.2. The minimum Gasteiger partial charge on any atom is -0.251 e. The number of nitrogens with zero attached hydrogens (tertiary/aromatic N) is 1. The highest BCUT2D eigenvalue weighted by atomic mass is 32.2. The Morgan fingerprint density at radius 1 is 1.31 bits per heavy atom. The van der Waals surface area contributed by atoms with Crippen LogP contribution in [0.15, 0.2) is 24.3 Å². The average Bonchev–Trinajstić information content (AvgIpc) is 2.31. The maximum atomic E-state index is 5.01. The van der Waals surface area contributed by atoms with Crippen molar-refractivity contribution in [3.8, 4) is 0 Å². The van der Waals surface area contributed by atoms with Crippen molar-refractivity contribution in [2.45, 2.75) is 19.6 Å². The number of nitrogens with two attached hydrogens (primary N) is 1. The Hall–Kier alpha value is -0.550. The molecule has 0 atom stereocenters. The van der Waals surface area contributed by atoms with Gasteiger partial charge in [0, 0.05) is 31.0 Å². The summed E-state index contributed by atoms with van der Waals surface area (Å²) in [7, 11) is 1.68. The zero-order chi connectivity index (χ0) is 11.8. The van der Waals surface area contributed by atoms with Crippen molar-refractivity contribution in [3.63, 3.8) is 0 Å². The van der Waals surface area contributed by atoms with Crippen molar-refractivity contribution in [3.05, 3.63) is 29.8 Å². The molecule has 3 nitrogen and oxygen atoms in total. The fourth-order valence-electron chi connectivity index (χ4n) is 1.46. The second-order valence-corrected chi connectivity index (χ2v) is 4.55. The van der Waals surface area contributed by atoms with Crippen LogP contribution in [0.4, 0.5) is 5.69 Å². The molecule has 0 unspecified atom stereocenters. The molecule has 1 aromatic rings. The van der Waals surface area contributed by atoms with Gasteiger partial charge in [0.1, 0.15) is 0 Å². The molecule has 0 saturated heterocycles. The van der Waals surface area contributed by atoms with Crippen LogP contribution in [0.2, 0.25) is 0 Å². The number of hydrogen-bond acceptors (Lipinski definition) is 3. The van der Waals surface area contributed by atoms with Gasteiger partial charge >= 0.3 is 0 Å². The highest BCUT2D eigenvalue weighted by Crippen LogP contribution is 2.17. The van der Waals surface area contributed by atoms with Gasteiger partial charge in [0.15, 0.2) is 5.69 Å². The third-order valence-corrected chi connectivity index (χ3v) is 3.67. The lowest BCUT2D eigenvalue weighted by Gasteiger charge is -2.16. The van der Waals surface area contributed by atoms with E-state index in [1.54, 1.807) is 12.6 Å². The van der Waals surface area contributed by atoms with Crippen LogP contribution >= 0.6 is 11.9 Å². The molecule has 16 heavy (non-hydrogen) atoms. The van der Waals surface area contributed by atoms with E-state index in [1.165, 1.54) is 5.56 Å². The number of quaternary nitrogens is 1. The van der Waals surface area contributed by atoms with E-state index in [2.05, 4.69) is 42.4 Å². The topological polar surface area (TPSA) is 29.1 Å². The summed E-state index contributed by atoms with van der Waals surface area (Å²) in [5, 5.41) is 0. The Bertz CT molecular complexity index is 303. The number of rotatable bonds is 7. The smallest absolute Gasteiger partial charge is 0.162 e. The first-order chi connectivity index (χ1) is 7.80. The predicted octanol–water partition coefficient (Wildman–Crippen LogP) is 1.93. The number of hydrogen-bond donors (Lipinski definition) is 1. The van der Waals surface area contributed by atoms with Gasteiger partial charge in [0.05, 0.1) is 7.11 Å². The molecule has 0 fully saturated rings. The van der Waals surface area contributed by atoms with Gasteiger partial charge < -0.3 is 0 Å². The fourth-order valence-corrected chi connectivity index (χ4v) is 2.34. The Kier molecular flexibility index (Phi) is 6.49. The van der Waals surface area contributed by atoms with Crippen molar-refractivity contribution >= 4 is 17.6 Å². The molecule has 0 amide bonds. The van der Waals surface area contributed by atoms with Crippen molar-refractivity contribution in [2.24, 2.45) is 0 Å². The van der Waals surface area contributed by atoms with Gasteiger partial charge in [-0.2, -0.15) is 5.48 Å². The summed E-state index contributed by atoms with van der Waals surface area (Å²) >= 11 is 1.88. The lowest BCUT2D eigenvalue weighted by molar-refractivity contribution is -0.830. The van der Waals surface area contributed by atoms with Gasteiger partial charge in [-0.15, -0.1) is 0 Å². The Morgan fingerprint density at radius 2 is 2.06 bits per heavy atom. The molecule has 4 heteroatoms. The molecule has 0 aromatic heterocycles. The van der Waals surface area contributed by atoms with Crippen LogP contribution in [-0.2, 0) is 10.6 Å². The zero-order valence-electron chi connectivity index (χ0n) is 10.3. The van der Waals surface area contributed by atoms with Crippen molar-refractivity contribution < 1.29 is 10.3 Å². The Morgan fingerprint density at radius 3 is 2.69 bits per heavy atom. The van der Waals surface area contributed by atoms with E-state index in [9.17, 15) is 0 Å². The van der Waals surface area contributed by atoms with E-state index in [-0.39, 0.29) is 0 Å². The number of benzene rings is 1. The minimum atomic E-state index is 1.02. The van der Waals surface area contributed by atoms with E-state index in [0.29, 0.717) is 0 Å². The molecule has 1 rings (SSSR count). The monoisotopic (exact) mass is 241 g/mol. The van der Waals surface area contributed by atoms with E-state index in [4.69, 9.17) is 4.84 Å². The third kappa shape index (κ3) is 4.53. The van der Waals surface area contributed by atoms with Crippen LogP contribution < -0.4 is 5.48 Å². The normalized spacial score (nSPS) is 11.0. The Balaban J connectivity index is 2.49. The van der Waals surface area contributed by atoms with Crippen LogP contribution in [-0.4, -0.2) is 24.5 Å². The fraction of sp³-hybridized carbons (Fsp3) is 0.500. The summed E-state index contributed by atoms with van der Waals surface area (Å²) in [5.74, 6) is 1.02. The van der Waals surface area contributed by atoms with Crippen LogP contribution in [0.5, 0.6) is 0 Å². The molecule has 1 aromatic carbocycles. The molecule has 0 spiro atoms. The van der Waals surface area contributed by atoms with Crippen LogP contribution in [0.1, 0.15) is 19.4 Å². The highest BCUT2D eigenvalue weighted by Gasteiger charge is 2.03. The van der Waals surface area contributed by atoms with Gasteiger partial charge in [0.2, 0.25) is 0 Å². The van der Waals surface area contributed by atoms with Gasteiger partial charge in [-0.3, -0.25) is 4.31 Å². The summed E-state index contributed by atoms with van der Waals surface area (Å²) in [6.45, 7) is 6.55. The first kappa shape index (κ1) is 13.5. The Labute approximate surface area is 102 Å². The van der Waals surface area contributed by atoms with Gasteiger partial charge in [-0.25, -0.2) is 4.84 Å². The minimum absolute atomic E-state index is 1.02. The van der Waals surface area contributed by atoms with E-state index >= 15 is 0 Å². The molecule has 0 bridgehead atoms. The maximum absolute atomic E-state index is 5.01. The largest absolute Gasteiger partial charge is 0.251 e. The standard InChI is InChI=1S/C12H20N2OS/c1-4-14(5-2)16-10-11-7-6-8-12(9-11)13-15-3/h6-9,13H,4-5,10H2,1-3H3/p+1. The molecular weight excluding hydrogens is 220 g/mol. The summed E-state index contributed by atoms with van der Waals surface area (Å²) in [6.07, 6.45) is 0. The van der Waals surface area contributed by atoms with Crippen LogP contribution in [0, 0.1) is 0 Å².